The number of nitrogens with zero attached hydrogens (tertiary/aromatic N) is 4. The number of aryl methyl sites for hydroxylation is 1. The van der Waals surface area contributed by atoms with E-state index < -0.39 is 0 Å². The van der Waals surface area contributed by atoms with E-state index in [1.165, 1.54) is 0 Å². The summed E-state index contributed by atoms with van der Waals surface area (Å²) in [6.45, 7) is 2.06. The molecular formula is C22H24N4O. The first-order valence-electron chi connectivity index (χ1n) is 8.90. The van der Waals surface area contributed by atoms with Crippen LogP contribution in [0.2, 0.25) is 0 Å². The Bertz CT molecular complexity index is 905. The van der Waals surface area contributed by atoms with Crippen molar-refractivity contribution in [2.75, 3.05) is 19.0 Å². The highest BCUT2D eigenvalue weighted by Crippen LogP contribution is 2.31. The summed E-state index contributed by atoms with van der Waals surface area (Å²) in [6.07, 6.45) is 5.76. The van der Waals surface area contributed by atoms with E-state index in [0.717, 1.165) is 28.1 Å². The third-order valence-electron chi connectivity index (χ3n) is 4.72. The van der Waals surface area contributed by atoms with Crippen LogP contribution in [0.4, 0.5) is 5.69 Å². The van der Waals surface area contributed by atoms with Gasteiger partial charge in [0, 0.05) is 56.3 Å². The van der Waals surface area contributed by atoms with Crippen LogP contribution in [0.5, 0.6) is 0 Å². The molecule has 0 bridgehead atoms. The summed E-state index contributed by atoms with van der Waals surface area (Å²) in [7, 11) is 4.05. The Labute approximate surface area is 160 Å². The highest BCUT2D eigenvalue weighted by molar-refractivity contribution is 6.00. The maximum atomic E-state index is 9.65. The van der Waals surface area contributed by atoms with Gasteiger partial charge in [-0.1, -0.05) is 23.4 Å². The second-order valence-corrected chi connectivity index (χ2v) is 6.73. The summed E-state index contributed by atoms with van der Waals surface area (Å²) >= 11 is 0. The van der Waals surface area contributed by atoms with Gasteiger partial charge in [0.15, 0.2) is 0 Å². The lowest BCUT2D eigenvalue weighted by Gasteiger charge is -2.21. The van der Waals surface area contributed by atoms with E-state index in [4.69, 9.17) is 0 Å². The Hall–Kier alpha value is -3.21. The second kappa shape index (κ2) is 8.45. The number of hydrogen-bond donors (Lipinski definition) is 1. The van der Waals surface area contributed by atoms with E-state index in [1.807, 2.05) is 38.5 Å². The molecule has 1 aromatic carbocycles. The minimum absolute atomic E-state index is 0.0125. The Morgan fingerprint density at radius 3 is 2.33 bits per heavy atom. The molecule has 1 atom stereocenters. The van der Waals surface area contributed by atoms with Gasteiger partial charge in [-0.3, -0.25) is 9.97 Å². The molecule has 0 aliphatic heterocycles. The van der Waals surface area contributed by atoms with Crippen molar-refractivity contribution < 1.29 is 5.21 Å². The van der Waals surface area contributed by atoms with Gasteiger partial charge in [-0.05, 0) is 48.4 Å². The Morgan fingerprint density at radius 2 is 1.74 bits per heavy atom. The van der Waals surface area contributed by atoms with Crippen LogP contribution in [0.3, 0.4) is 0 Å². The second-order valence-electron chi connectivity index (χ2n) is 6.73. The van der Waals surface area contributed by atoms with Crippen LogP contribution in [-0.2, 0) is 0 Å². The molecule has 0 aliphatic carbocycles. The van der Waals surface area contributed by atoms with Crippen molar-refractivity contribution in [2.24, 2.45) is 5.16 Å². The van der Waals surface area contributed by atoms with Crippen LogP contribution in [0.1, 0.15) is 34.7 Å². The molecule has 0 saturated heterocycles. The van der Waals surface area contributed by atoms with Crippen molar-refractivity contribution in [3.05, 3.63) is 89.5 Å². The van der Waals surface area contributed by atoms with Gasteiger partial charge in [-0.15, -0.1) is 0 Å². The molecule has 0 fully saturated rings. The molecule has 2 heterocycles. The summed E-state index contributed by atoms with van der Waals surface area (Å²) < 4.78 is 0. The van der Waals surface area contributed by atoms with Gasteiger partial charge in [0.2, 0.25) is 0 Å². The SMILES string of the molecule is Cc1cccnc1C(C/C(=N\O)c1ccncc1)c1ccc(N(C)C)cc1. The summed E-state index contributed by atoms with van der Waals surface area (Å²) in [6, 6.07) is 16.1. The quantitative estimate of drug-likeness (QED) is 0.405. The molecule has 138 valence electrons. The predicted octanol–water partition coefficient (Wildman–Crippen LogP) is 4.25. The fourth-order valence-electron chi connectivity index (χ4n) is 3.19. The lowest BCUT2D eigenvalue weighted by atomic mass is 9.86. The van der Waals surface area contributed by atoms with Gasteiger partial charge in [-0.25, -0.2) is 0 Å². The fourth-order valence-corrected chi connectivity index (χ4v) is 3.19. The lowest BCUT2D eigenvalue weighted by molar-refractivity contribution is 0.317. The van der Waals surface area contributed by atoms with Gasteiger partial charge >= 0.3 is 0 Å². The molecule has 0 spiro atoms. The van der Waals surface area contributed by atoms with Gasteiger partial charge < -0.3 is 10.1 Å². The topological polar surface area (TPSA) is 61.6 Å². The molecule has 27 heavy (non-hydrogen) atoms. The molecule has 3 rings (SSSR count). The van der Waals surface area contributed by atoms with E-state index in [-0.39, 0.29) is 5.92 Å². The molecule has 0 saturated carbocycles. The Morgan fingerprint density at radius 1 is 1.04 bits per heavy atom. The standard InChI is InChI=1S/C22H24N4O/c1-16-5-4-12-24-22(16)20(17-6-8-19(9-7-17)26(2)3)15-21(25-27)18-10-13-23-14-11-18/h4-14,20,27H,15H2,1-3H3/b25-21+. The van der Waals surface area contributed by atoms with Crippen molar-refractivity contribution >= 4 is 11.4 Å². The number of anilines is 1. The first kappa shape index (κ1) is 18.6. The number of rotatable bonds is 6. The first-order valence-corrected chi connectivity index (χ1v) is 8.90. The van der Waals surface area contributed by atoms with Gasteiger partial charge in [0.05, 0.1) is 11.4 Å². The maximum absolute atomic E-state index is 9.65. The third-order valence-corrected chi connectivity index (χ3v) is 4.72. The highest BCUT2D eigenvalue weighted by atomic mass is 16.4. The number of oxime groups is 1. The minimum atomic E-state index is -0.0125. The van der Waals surface area contributed by atoms with E-state index in [2.05, 4.69) is 57.3 Å². The smallest absolute Gasteiger partial charge is 0.0878 e. The van der Waals surface area contributed by atoms with Crippen LogP contribution in [0.25, 0.3) is 0 Å². The molecule has 1 unspecified atom stereocenters. The molecular weight excluding hydrogens is 336 g/mol. The summed E-state index contributed by atoms with van der Waals surface area (Å²) in [5.41, 5.74) is 5.86. The van der Waals surface area contributed by atoms with E-state index in [9.17, 15) is 5.21 Å². The average Bonchev–Trinajstić information content (AvgIpc) is 2.70. The lowest BCUT2D eigenvalue weighted by Crippen LogP contribution is -2.13. The van der Waals surface area contributed by atoms with Gasteiger partial charge in [0.1, 0.15) is 0 Å². The molecule has 3 aromatic rings. The van der Waals surface area contributed by atoms with Crippen LogP contribution >= 0.6 is 0 Å². The molecule has 0 aliphatic rings. The zero-order valence-electron chi connectivity index (χ0n) is 15.9. The molecule has 0 amide bonds. The number of benzene rings is 1. The van der Waals surface area contributed by atoms with Gasteiger partial charge in [-0.2, -0.15) is 0 Å². The molecule has 5 heteroatoms. The van der Waals surface area contributed by atoms with E-state index in [1.54, 1.807) is 12.4 Å². The molecule has 5 nitrogen and oxygen atoms in total. The van der Waals surface area contributed by atoms with Crippen molar-refractivity contribution in [3.63, 3.8) is 0 Å². The van der Waals surface area contributed by atoms with Crippen molar-refractivity contribution in [2.45, 2.75) is 19.3 Å². The number of hydrogen-bond acceptors (Lipinski definition) is 5. The maximum Gasteiger partial charge on any atom is 0.0878 e. The first-order chi connectivity index (χ1) is 13.1. The van der Waals surface area contributed by atoms with Crippen LogP contribution in [0.15, 0.2) is 72.3 Å². The fraction of sp³-hybridized carbons (Fsp3) is 0.227. The Kier molecular flexibility index (Phi) is 5.81. The predicted molar refractivity (Wildman–Crippen MR) is 109 cm³/mol. The van der Waals surface area contributed by atoms with Crippen LogP contribution in [-0.4, -0.2) is 35.0 Å². The molecule has 1 N–H and O–H groups in total. The molecule has 2 aromatic heterocycles. The largest absolute Gasteiger partial charge is 0.411 e. The van der Waals surface area contributed by atoms with Crippen LogP contribution < -0.4 is 4.90 Å². The third kappa shape index (κ3) is 4.31. The summed E-state index contributed by atoms with van der Waals surface area (Å²) in [5.74, 6) is -0.0125. The summed E-state index contributed by atoms with van der Waals surface area (Å²) in [5, 5.41) is 13.2. The Balaban J connectivity index is 2.01. The monoisotopic (exact) mass is 360 g/mol. The highest BCUT2D eigenvalue weighted by Gasteiger charge is 2.21. The minimum Gasteiger partial charge on any atom is -0.411 e. The van der Waals surface area contributed by atoms with Gasteiger partial charge in [0.25, 0.3) is 0 Å². The number of aromatic nitrogens is 2. The molecule has 0 radical (unpaired) electrons. The van der Waals surface area contributed by atoms with Crippen molar-refractivity contribution in [1.29, 1.82) is 0 Å². The zero-order valence-corrected chi connectivity index (χ0v) is 15.9. The zero-order chi connectivity index (χ0) is 19.2. The normalized spacial score (nSPS) is 12.6. The van der Waals surface area contributed by atoms with Crippen molar-refractivity contribution in [3.8, 4) is 0 Å². The van der Waals surface area contributed by atoms with E-state index >= 15 is 0 Å². The summed E-state index contributed by atoms with van der Waals surface area (Å²) in [4.78, 5) is 10.8. The number of pyridine rings is 2. The van der Waals surface area contributed by atoms with Crippen molar-refractivity contribution in [1.82, 2.24) is 9.97 Å². The van der Waals surface area contributed by atoms with Crippen LogP contribution in [0, 0.1) is 6.92 Å². The van der Waals surface area contributed by atoms with E-state index in [0.29, 0.717) is 12.1 Å². The average molecular weight is 360 g/mol.